The van der Waals surface area contributed by atoms with Crippen LogP contribution < -0.4 is 16.4 Å². The average Bonchev–Trinajstić information content (AvgIpc) is 2.83. The van der Waals surface area contributed by atoms with Crippen LogP contribution in [0.4, 0.5) is 5.82 Å². The fourth-order valence-corrected chi connectivity index (χ4v) is 3.84. The Morgan fingerprint density at radius 3 is 2.85 bits per heavy atom. The zero-order chi connectivity index (χ0) is 14.2. The van der Waals surface area contributed by atoms with Crippen LogP contribution >= 0.6 is 11.3 Å². The molecule has 1 spiro atoms. The summed E-state index contributed by atoms with van der Waals surface area (Å²) in [6.07, 6.45) is 5.85. The maximum Gasteiger partial charge on any atom is 0.246 e. The minimum absolute atomic E-state index is 0.0967. The van der Waals surface area contributed by atoms with Crippen LogP contribution in [0.2, 0.25) is 0 Å². The van der Waals surface area contributed by atoms with Crippen LogP contribution in [0.3, 0.4) is 0 Å². The third kappa shape index (κ3) is 2.40. The second-order valence-electron chi connectivity index (χ2n) is 5.69. The monoisotopic (exact) mass is 292 g/mol. The Morgan fingerprint density at radius 1 is 1.45 bits per heavy atom. The van der Waals surface area contributed by atoms with E-state index in [1.165, 1.54) is 17.8 Å². The Balaban J connectivity index is 1.71. The average molecular weight is 292 g/mol. The number of nitrogen functional groups attached to an aromatic ring is 1. The standard InChI is InChI=1S/C14H20N4OS/c1-9-10(7-12-17-11(15)8-20-12)16-13(19)14(18-9)5-3-2-4-6-14/h8,10,18H,1-7,15H2,(H,16,19). The number of carbonyl (C=O) groups excluding carboxylic acids is 1. The summed E-state index contributed by atoms with van der Waals surface area (Å²) < 4.78 is 0. The first-order chi connectivity index (χ1) is 9.59. The highest BCUT2D eigenvalue weighted by atomic mass is 32.1. The molecule has 0 radical (unpaired) electrons. The number of aromatic nitrogens is 1. The topological polar surface area (TPSA) is 80.0 Å². The van der Waals surface area contributed by atoms with E-state index >= 15 is 0 Å². The molecule has 1 aromatic rings. The normalized spacial score (nSPS) is 25.3. The van der Waals surface area contributed by atoms with Gasteiger partial charge in [-0.3, -0.25) is 4.79 Å². The van der Waals surface area contributed by atoms with E-state index < -0.39 is 5.54 Å². The Morgan fingerprint density at radius 2 is 2.20 bits per heavy atom. The molecule has 1 aliphatic carbocycles. The zero-order valence-electron chi connectivity index (χ0n) is 11.4. The Kier molecular flexibility index (Phi) is 3.41. The predicted molar refractivity (Wildman–Crippen MR) is 80.3 cm³/mol. The zero-order valence-corrected chi connectivity index (χ0v) is 12.3. The molecule has 1 aromatic heterocycles. The third-order valence-corrected chi connectivity index (χ3v) is 5.11. The van der Waals surface area contributed by atoms with Crippen molar-refractivity contribution in [1.82, 2.24) is 15.6 Å². The summed E-state index contributed by atoms with van der Waals surface area (Å²) in [5, 5.41) is 9.25. The molecule has 1 saturated heterocycles. The van der Waals surface area contributed by atoms with Gasteiger partial charge in [0.05, 0.1) is 11.0 Å². The predicted octanol–water partition coefficient (Wildman–Crippen LogP) is 1.57. The van der Waals surface area contributed by atoms with Gasteiger partial charge in [-0.15, -0.1) is 11.3 Å². The number of hydrogen-bond donors (Lipinski definition) is 3. The van der Waals surface area contributed by atoms with Gasteiger partial charge in [0.15, 0.2) is 0 Å². The largest absolute Gasteiger partial charge is 0.383 e. The fraction of sp³-hybridized carbons (Fsp3) is 0.571. The summed E-state index contributed by atoms with van der Waals surface area (Å²) >= 11 is 1.52. The molecule has 5 nitrogen and oxygen atoms in total. The second-order valence-corrected chi connectivity index (χ2v) is 6.63. The van der Waals surface area contributed by atoms with Crippen LogP contribution in [-0.4, -0.2) is 22.5 Å². The summed E-state index contributed by atoms with van der Waals surface area (Å²) in [6, 6.07) is -0.0967. The van der Waals surface area contributed by atoms with E-state index in [2.05, 4.69) is 22.2 Å². The Bertz CT molecular complexity index is 533. The van der Waals surface area contributed by atoms with Gasteiger partial charge in [-0.05, 0) is 12.8 Å². The summed E-state index contributed by atoms with van der Waals surface area (Å²) in [7, 11) is 0. The van der Waals surface area contributed by atoms with Crippen LogP contribution in [0.1, 0.15) is 37.1 Å². The first-order valence-electron chi connectivity index (χ1n) is 7.07. The number of thiazole rings is 1. The lowest BCUT2D eigenvalue weighted by atomic mass is 9.78. The molecule has 2 fully saturated rings. The van der Waals surface area contributed by atoms with Gasteiger partial charge in [0.25, 0.3) is 0 Å². The lowest BCUT2D eigenvalue weighted by Gasteiger charge is -2.44. The van der Waals surface area contributed by atoms with E-state index in [1.54, 1.807) is 0 Å². The van der Waals surface area contributed by atoms with Crippen LogP contribution in [0, 0.1) is 0 Å². The number of rotatable bonds is 2. The van der Waals surface area contributed by atoms with Gasteiger partial charge in [0.1, 0.15) is 11.4 Å². The van der Waals surface area contributed by atoms with E-state index in [-0.39, 0.29) is 11.9 Å². The minimum Gasteiger partial charge on any atom is -0.383 e. The highest BCUT2D eigenvalue weighted by Gasteiger charge is 2.44. The van der Waals surface area contributed by atoms with Crippen molar-refractivity contribution in [2.24, 2.45) is 0 Å². The second kappa shape index (κ2) is 5.09. The maximum atomic E-state index is 12.5. The molecular formula is C14H20N4OS. The van der Waals surface area contributed by atoms with Crippen LogP contribution in [0.25, 0.3) is 0 Å². The van der Waals surface area contributed by atoms with Crippen LogP contribution in [0.5, 0.6) is 0 Å². The number of nitrogens with zero attached hydrogens (tertiary/aromatic N) is 1. The van der Waals surface area contributed by atoms with Crippen molar-refractivity contribution in [3.8, 4) is 0 Å². The Labute approximate surface area is 122 Å². The molecule has 0 aromatic carbocycles. The number of carbonyl (C=O) groups is 1. The molecular weight excluding hydrogens is 272 g/mol. The SMILES string of the molecule is C=C1NC2(CCCCC2)C(=O)NC1Cc1nc(N)cs1. The van der Waals surface area contributed by atoms with Gasteiger partial charge in [-0.1, -0.05) is 25.8 Å². The molecule has 1 atom stereocenters. The van der Waals surface area contributed by atoms with Crippen molar-refractivity contribution in [3.05, 3.63) is 22.7 Å². The maximum absolute atomic E-state index is 12.5. The van der Waals surface area contributed by atoms with Gasteiger partial charge < -0.3 is 16.4 Å². The van der Waals surface area contributed by atoms with E-state index in [1.807, 2.05) is 5.38 Å². The molecule has 1 saturated carbocycles. The van der Waals surface area contributed by atoms with Crippen molar-refractivity contribution in [2.75, 3.05) is 5.73 Å². The first kappa shape index (κ1) is 13.4. The smallest absolute Gasteiger partial charge is 0.246 e. The molecule has 4 N–H and O–H groups in total. The lowest BCUT2D eigenvalue weighted by molar-refractivity contribution is -0.131. The molecule has 3 rings (SSSR count). The molecule has 1 unspecified atom stereocenters. The van der Waals surface area contributed by atoms with Crippen molar-refractivity contribution >= 4 is 23.1 Å². The fourth-order valence-electron chi connectivity index (χ4n) is 3.11. The van der Waals surface area contributed by atoms with Gasteiger partial charge in [0, 0.05) is 17.5 Å². The summed E-state index contributed by atoms with van der Waals surface area (Å²) in [5.74, 6) is 0.647. The van der Waals surface area contributed by atoms with Crippen molar-refractivity contribution in [3.63, 3.8) is 0 Å². The molecule has 108 valence electrons. The van der Waals surface area contributed by atoms with Gasteiger partial charge in [-0.25, -0.2) is 4.98 Å². The van der Waals surface area contributed by atoms with E-state index in [0.29, 0.717) is 12.2 Å². The van der Waals surface area contributed by atoms with Crippen molar-refractivity contribution in [1.29, 1.82) is 0 Å². The Hall–Kier alpha value is -1.56. The number of piperazine rings is 1. The van der Waals surface area contributed by atoms with Gasteiger partial charge in [-0.2, -0.15) is 0 Å². The van der Waals surface area contributed by atoms with E-state index in [9.17, 15) is 4.79 Å². The summed E-state index contributed by atoms with van der Waals surface area (Å²) in [4.78, 5) is 16.7. The van der Waals surface area contributed by atoms with Gasteiger partial charge in [0.2, 0.25) is 5.91 Å². The summed E-state index contributed by atoms with van der Waals surface area (Å²) in [5.41, 5.74) is 6.10. The molecule has 1 amide bonds. The third-order valence-electron chi connectivity index (χ3n) is 4.22. The molecule has 2 heterocycles. The van der Waals surface area contributed by atoms with E-state index in [0.717, 1.165) is 36.4 Å². The lowest BCUT2D eigenvalue weighted by Crippen LogP contribution is -2.66. The minimum atomic E-state index is -0.423. The number of anilines is 1. The van der Waals surface area contributed by atoms with Crippen LogP contribution in [-0.2, 0) is 11.2 Å². The van der Waals surface area contributed by atoms with Crippen LogP contribution in [0.15, 0.2) is 17.7 Å². The summed E-state index contributed by atoms with van der Waals surface area (Å²) in [6.45, 7) is 4.10. The van der Waals surface area contributed by atoms with Gasteiger partial charge >= 0.3 is 0 Å². The van der Waals surface area contributed by atoms with E-state index in [4.69, 9.17) is 5.73 Å². The van der Waals surface area contributed by atoms with Crippen molar-refractivity contribution < 1.29 is 4.79 Å². The highest BCUT2D eigenvalue weighted by Crippen LogP contribution is 2.32. The quantitative estimate of drug-likeness (QED) is 0.773. The highest BCUT2D eigenvalue weighted by molar-refractivity contribution is 7.10. The molecule has 20 heavy (non-hydrogen) atoms. The number of amides is 1. The number of hydrogen-bond acceptors (Lipinski definition) is 5. The molecule has 6 heteroatoms. The molecule has 1 aliphatic heterocycles. The van der Waals surface area contributed by atoms with Crippen molar-refractivity contribution in [2.45, 2.75) is 50.1 Å². The molecule has 2 aliphatic rings. The number of nitrogens with two attached hydrogens (primary N) is 1. The number of nitrogens with one attached hydrogen (secondary N) is 2. The first-order valence-corrected chi connectivity index (χ1v) is 7.95. The molecule has 0 bridgehead atoms.